The minimum atomic E-state index is 0.432. The summed E-state index contributed by atoms with van der Waals surface area (Å²) in [6.45, 7) is 3.37. The summed E-state index contributed by atoms with van der Waals surface area (Å²) in [7, 11) is 0. The first-order valence-electron chi connectivity index (χ1n) is 6.94. The Bertz CT molecular complexity index is 399. The van der Waals surface area contributed by atoms with Gasteiger partial charge in [-0.05, 0) is 43.6 Å². The lowest BCUT2D eigenvalue weighted by molar-refractivity contribution is 0.205. The number of piperidine rings is 1. The van der Waals surface area contributed by atoms with Gasteiger partial charge in [0.05, 0.1) is 0 Å². The third-order valence-electron chi connectivity index (χ3n) is 3.38. The van der Waals surface area contributed by atoms with Gasteiger partial charge in [0.25, 0.3) is 0 Å². The minimum Gasteiger partial charge on any atom is -0.368 e. The van der Waals surface area contributed by atoms with Gasteiger partial charge in [-0.25, -0.2) is 0 Å². The van der Waals surface area contributed by atoms with Crippen LogP contribution < -0.4 is 5.73 Å². The normalized spacial score (nSPS) is 16.7. The summed E-state index contributed by atoms with van der Waals surface area (Å²) in [5.41, 5.74) is 7.27. The lowest BCUT2D eigenvalue weighted by Crippen LogP contribution is -2.39. The largest absolute Gasteiger partial charge is 0.368 e. The Hall–Kier alpha value is -1.58. The quantitative estimate of drug-likeness (QED) is 0.868. The summed E-state index contributed by atoms with van der Waals surface area (Å²) < 4.78 is 0. The van der Waals surface area contributed by atoms with Crippen molar-refractivity contribution in [1.82, 2.24) is 9.88 Å². The van der Waals surface area contributed by atoms with E-state index in [2.05, 4.69) is 40.2 Å². The molecule has 1 saturated heterocycles. The number of nitrogens with zero attached hydrogens (tertiary/aromatic N) is 1. The van der Waals surface area contributed by atoms with Crippen LogP contribution in [0.3, 0.4) is 0 Å². The Balaban J connectivity index is 0.000000224. The van der Waals surface area contributed by atoms with E-state index < -0.39 is 0 Å². The van der Waals surface area contributed by atoms with E-state index in [4.69, 9.17) is 5.73 Å². The van der Waals surface area contributed by atoms with Crippen molar-refractivity contribution >= 4 is 0 Å². The number of H-pyrrole nitrogens is 1. The van der Waals surface area contributed by atoms with Gasteiger partial charge >= 0.3 is 0 Å². The molecule has 3 heteroatoms. The summed E-state index contributed by atoms with van der Waals surface area (Å²) in [6.07, 6.45) is 6.04. The van der Waals surface area contributed by atoms with E-state index in [0.29, 0.717) is 6.04 Å². The van der Waals surface area contributed by atoms with Gasteiger partial charge in [-0.1, -0.05) is 30.3 Å². The predicted octanol–water partition coefficient (Wildman–Crippen LogP) is 2.62. The molecule has 1 fully saturated rings. The van der Waals surface area contributed by atoms with Crippen LogP contribution in [-0.4, -0.2) is 29.0 Å². The average molecular weight is 257 g/mol. The molecule has 0 spiro atoms. The minimum absolute atomic E-state index is 0.432. The molecule has 1 aromatic carbocycles. The molecule has 0 amide bonds. The van der Waals surface area contributed by atoms with Crippen LogP contribution in [0.2, 0.25) is 0 Å². The molecule has 19 heavy (non-hydrogen) atoms. The highest BCUT2D eigenvalue weighted by Crippen LogP contribution is 2.11. The molecule has 0 aliphatic carbocycles. The van der Waals surface area contributed by atoms with Gasteiger partial charge in [0.2, 0.25) is 0 Å². The second-order valence-corrected chi connectivity index (χ2v) is 4.98. The van der Waals surface area contributed by atoms with Crippen molar-refractivity contribution in [3.8, 4) is 0 Å². The molecule has 3 N–H and O–H groups in total. The fourth-order valence-corrected chi connectivity index (χ4v) is 2.23. The van der Waals surface area contributed by atoms with Crippen LogP contribution in [0.25, 0.3) is 0 Å². The molecule has 0 atom stereocenters. The van der Waals surface area contributed by atoms with Crippen LogP contribution in [0.1, 0.15) is 18.4 Å². The molecule has 3 rings (SSSR count). The van der Waals surface area contributed by atoms with Crippen molar-refractivity contribution in [3.63, 3.8) is 0 Å². The number of aromatic amines is 1. The van der Waals surface area contributed by atoms with E-state index >= 15 is 0 Å². The Kier molecular flexibility index (Phi) is 5.66. The molecular weight excluding hydrogens is 234 g/mol. The maximum Gasteiger partial charge on any atom is 0.0233 e. The number of nitrogens with two attached hydrogens (primary N) is 1. The molecule has 1 aliphatic rings. The first kappa shape index (κ1) is 13.8. The smallest absolute Gasteiger partial charge is 0.0233 e. The van der Waals surface area contributed by atoms with Gasteiger partial charge in [-0.2, -0.15) is 0 Å². The Morgan fingerprint density at radius 1 is 1.00 bits per heavy atom. The van der Waals surface area contributed by atoms with Crippen LogP contribution >= 0.6 is 0 Å². The van der Waals surface area contributed by atoms with E-state index in [1.165, 1.54) is 5.56 Å². The highest BCUT2D eigenvalue weighted by atomic mass is 15.1. The fourth-order valence-electron chi connectivity index (χ4n) is 2.23. The first-order valence-corrected chi connectivity index (χ1v) is 6.94. The summed E-state index contributed by atoms with van der Waals surface area (Å²) in [4.78, 5) is 5.35. The summed E-state index contributed by atoms with van der Waals surface area (Å²) >= 11 is 0. The monoisotopic (exact) mass is 257 g/mol. The van der Waals surface area contributed by atoms with E-state index in [-0.39, 0.29) is 0 Å². The lowest BCUT2D eigenvalue weighted by Gasteiger charge is -2.29. The highest BCUT2D eigenvalue weighted by molar-refractivity contribution is 5.14. The number of benzene rings is 1. The zero-order valence-corrected chi connectivity index (χ0v) is 11.3. The first-order chi connectivity index (χ1) is 9.34. The summed E-state index contributed by atoms with van der Waals surface area (Å²) in [6, 6.07) is 15.0. The van der Waals surface area contributed by atoms with Crippen LogP contribution in [0.15, 0.2) is 54.9 Å². The van der Waals surface area contributed by atoms with Gasteiger partial charge in [0.15, 0.2) is 0 Å². The van der Waals surface area contributed by atoms with Crippen LogP contribution in [-0.2, 0) is 6.54 Å². The second-order valence-electron chi connectivity index (χ2n) is 4.98. The number of hydrogen-bond donors (Lipinski definition) is 2. The topological polar surface area (TPSA) is 45.0 Å². The molecular formula is C16H23N3. The number of likely N-dealkylation sites (tertiary alicyclic amines) is 1. The van der Waals surface area contributed by atoms with Crippen molar-refractivity contribution in [1.29, 1.82) is 0 Å². The molecule has 102 valence electrons. The Morgan fingerprint density at radius 2 is 1.63 bits per heavy atom. The zero-order chi connectivity index (χ0) is 13.3. The van der Waals surface area contributed by atoms with E-state index in [9.17, 15) is 0 Å². The number of rotatable bonds is 2. The standard InChI is InChI=1S/C12H18N2.C4H5N/c13-12-6-8-14(9-7-12)10-11-4-2-1-3-5-11;1-2-4-5-3-1/h1-5,12H,6-10,13H2;1-5H. The van der Waals surface area contributed by atoms with Gasteiger partial charge < -0.3 is 10.7 Å². The maximum atomic E-state index is 5.86. The molecule has 0 radical (unpaired) electrons. The van der Waals surface area contributed by atoms with Gasteiger partial charge in [-0.15, -0.1) is 0 Å². The maximum absolute atomic E-state index is 5.86. The van der Waals surface area contributed by atoms with Crippen LogP contribution in [0.4, 0.5) is 0 Å². The van der Waals surface area contributed by atoms with Crippen molar-refractivity contribution in [2.45, 2.75) is 25.4 Å². The average Bonchev–Trinajstić information content (AvgIpc) is 3.02. The number of nitrogens with one attached hydrogen (secondary N) is 1. The SMILES string of the molecule is NC1CCN(Cc2ccccc2)CC1.c1cc[nH]c1. The third-order valence-corrected chi connectivity index (χ3v) is 3.38. The van der Waals surface area contributed by atoms with Crippen LogP contribution in [0, 0.1) is 0 Å². The molecule has 0 unspecified atom stereocenters. The van der Waals surface area contributed by atoms with Gasteiger partial charge in [0.1, 0.15) is 0 Å². The molecule has 2 aromatic rings. The molecule has 1 aliphatic heterocycles. The summed E-state index contributed by atoms with van der Waals surface area (Å²) in [5.74, 6) is 0. The van der Waals surface area contributed by atoms with Gasteiger partial charge in [0, 0.05) is 25.0 Å². The molecule has 2 heterocycles. The highest BCUT2D eigenvalue weighted by Gasteiger charge is 2.15. The molecule has 0 saturated carbocycles. The molecule has 0 bridgehead atoms. The van der Waals surface area contributed by atoms with E-state index in [1.54, 1.807) is 0 Å². The third kappa shape index (κ3) is 5.28. The van der Waals surface area contributed by atoms with Gasteiger partial charge in [-0.3, -0.25) is 4.90 Å². The Morgan fingerprint density at radius 3 is 2.16 bits per heavy atom. The fraction of sp³-hybridized carbons (Fsp3) is 0.375. The lowest BCUT2D eigenvalue weighted by atomic mass is 10.1. The number of aromatic nitrogens is 1. The summed E-state index contributed by atoms with van der Waals surface area (Å²) in [5, 5.41) is 0. The van der Waals surface area contributed by atoms with E-state index in [1.807, 2.05) is 24.5 Å². The molecule has 3 nitrogen and oxygen atoms in total. The number of hydrogen-bond acceptors (Lipinski definition) is 2. The van der Waals surface area contributed by atoms with Crippen molar-refractivity contribution < 1.29 is 0 Å². The second kappa shape index (κ2) is 7.77. The van der Waals surface area contributed by atoms with E-state index in [0.717, 1.165) is 32.5 Å². The Labute approximate surface area is 115 Å². The zero-order valence-electron chi connectivity index (χ0n) is 11.3. The van der Waals surface area contributed by atoms with Crippen molar-refractivity contribution in [2.24, 2.45) is 5.73 Å². The van der Waals surface area contributed by atoms with Crippen molar-refractivity contribution in [2.75, 3.05) is 13.1 Å². The van der Waals surface area contributed by atoms with Crippen molar-refractivity contribution in [3.05, 3.63) is 60.4 Å². The molecule has 1 aromatic heterocycles. The van der Waals surface area contributed by atoms with Crippen LogP contribution in [0.5, 0.6) is 0 Å². The predicted molar refractivity (Wildman–Crippen MR) is 79.7 cm³/mol.